The predicted molar refractivity (Wildman–Crippen MR) is 87.2 cm³/mol. The molecule has 22 heavy (non-hydrogen) atoms. The number of rotatable bonds is 7. The van der Waals surface area contributed by atoms with Crippen LogP contribution in [-0.4, -0.2) is 31.8 Å². The van der Waals surface area contributed by atoms with E-state index in [0.29, 0.717) is 18.4 Å². The molecule has 0 unspecified atom stereocenters. The summed E-state index contributed by atoms with van der Waals surface area (Å²) in [7, 11) is -3.31. The highest BCUT2D eigenvalue weighted by molar-refractivity contribution is 7.89. The van der Waals surface area contributed by atoms with E-state index >= 15 is 0 Å². The van der Waals surface area contributed by atoms with Gasteiger partial charge in [-0.05, 0) is 52.7 Å². The average molecular weight is 327 g/mol. The molecule has 0 spiro atoms. The number of carbonyl (C=O) groups excluding carboxylic acids is 1. The van der Waals surface area contributed by atoms with Gasteiger partial charge in [0.25, 0.3) is 0 Å². The minimum atomic E-state index is -3.31. The zero-order chi connectivity index (χ0) is 16.8. The van der Waals surface area contributed by atoms with Crippen molar-refractivity contribution in [3.63, 3.8) is 0 Å². The molecule has 1 aromatic carbocycles. The third-order valence-electron chi connectivity index (χ3n) is 2.80. The molecule has 0 radical (unpaired) electrons. The highest BCUT2D eigenvalue weighted by atomic mass is 32.2. The van der Waals surface area contributed by atoms with Crippen LogP contribution in [0, 0.1) is 0 Å². The van der Waals surface area contributed by atoms with Crippen LogP contribution < -0.4 is 4.72 Å². The molecule has 5 nitrogen and oxygen atoms in total. The minimum absolute atomic E-state index is 0.0253. The Kier molecular flexibility index (Phi) is 6.56. The summed E-state index contributed by atoms with van der Waals surface area (Å²) in [6, 6.07) is 8.74. The largest absolute Gasteiger partial charge is 0.459 e. The van der Waals surface area contributed by atoms with E-state index in [1.165, 1.54) is 0 Å². The fraction of sp³-hybridized carbons (Fsp3) is 0.562. The first-order chi connectivity index (χ1) is 10.1. The molecule has 0 aliphatic rings. The lowest BCUT2D eigenvalue weighted by molar-refractivity contribution is 0.0324. The molecule has 0 aromatic heterocycles. The number of esters is 1. The van der Waals surface area contributed by atoms with Crippen LogP contribution in [0.2, 0.25) is 0 Å². The average Bonchev–Trinajstić information content (AvgIpc) is 2.36. The fourth-order valence-electron chi connectivity index (χ4n) is 1.96. The third-order valence-corrected chi connectivity index (χ3v) is 4.55. The molecule has 0 saturated carbocycles. The van der Waals surface area contributed by atoms with Crippen LogP contribution in [0.25, 0.3) is 0 Å². The van der Waals surface area contributed by atoms with Crippen LogP contribution in [0.4, 0.5) is 0 Å². The van der Waals surface area contributed by atoms with Crippen molar-refractivity contribution in [1.29, 1.82) is 0 Å². The summed E-state index contributed by atoms with van der Waals surface area (Å²) < 4.78 is 31.6. The van der Waals surface area contributed by atoms with E-state index in [0.717, 1.165) is 0 Å². The number of hydrogen-bond acceptors (Lipinski definition) is 4. The predicted octanol–water partition coefficient (Wildman–Crippen LogP) is 2.73. The number of hydrogen-bond donors (Lipinski definition) is 1. The van der Waals surface area contributed by atoms with Crippen LogP contribution in [0.15, 0.2) is 30.3 Å². The Bertz CT molecular complexity index is 576. The smallest absolute Gasteiger partial charge is 0.338 e. The number of carbonyl (C=O) groups is 1. The van der Waals surface area contributed by atoms with Crippen LogP contribution in [0.3, 0.4) is 0 Å². The lowest BCUT2D eigenvalue weighted by Crippen LogP contribution is -2.41. The maximum Gasteiger partial charge on any atom is 0.338 e. The zero-order valence-electron chi connectivity index (χ0n) is 13.6. The first-order valence-corrected chi connectivity index (χ1v) is 9.02. The second kappa shape index (κ2) is 7.74. The van der Waals surface area contributed by atoms with Crippen molar-refractivity contribution in [3.05, 3.63) is 35.9 Å². The molecule has 1 aromatic rings. The van der Waals surface area contributed by atoms with E-state index in [9.17, 15) is 13.2 Å². The van der Waals surface area contributed by atoms with Gasteiger partial charge in [0.15, 0.2) is 0 Å². The highest BCUT2D eigenvalue weighted by Crippen LogP contribution is 2.09. The van der Waals surface area contributed by atoms with E-state index in [4.69, 9.17) is 4.74 Å². The van der Waals surface area contributed by atoms with Gasteiger partial charge in [0.05, 0.1) is 17.4 Å². The Hall–Kier alpha value is -1.40. The van der Waals surface area contributed by atoms with Gasteiger partial charge in [-0.15, -0.1) is 0 Å². The van der Waals surface area contributed by atoms with Crippen LogP contribution in [0.1, 0.15) is 50.9 Å². The molecule has 1 atom stereocenters. The summed E-state index contributed by atoms with van der Waals surface area (Å²) in [6.07, 6.45) is 0.621. The van der Waals surface area contributed by atoms with Crippen molar-refractivity contribution in [2.24, 2.45) is 0 Å². The lowest BCUT2D eigenvalue weighted by atomic mass is 10.1. The topological polar surface area (TPSA) is 72.5 Å². The molecule has 0 aliphatic carbocycles. The Morgan fingerprint density at radius 2 is 1.82 bits per heavy atom. The summed E-state index contributed by atoms with van der Waals surface area (Å²) in [4.78, 5) is 11.8. The molecular weight excluding hydrogens is 302 g/mol. The Labute approximate surface area is 133 Å². The molecule has 124 valence electrons. The van der Waals surface area contributed by atoms with Gasteiger partial charge in [0.2, 0.25) is 10.0 Å². The number of benzene rings is 1. The van der Waals surface area contributed by atoms with Gasteiger partial charge in [-0.3, -0.25) is 0 Å². The van der Waals surface area contributed by atoms with E-state index in [2.05, 4.69) is 4.72 Å². The van der Waals surface area contributed by atoms with Crippen molar-refractivity contribution in [1.82, 2.24) is 4.72 Å². The van der Waals surface area contributed by atoms with Gasteiger partial charge in [-0.2, -0.15) is 0 Å². The lowest BCUT2D eigenvalue weighted by Gasteiger charge is -2.20. The fourth-order valence-corrected chi connectivity index (χ4v) is 3.54. The van der Waals surface area contributed by atoms with Gasteiger partial charge < -0.3 is 4.74 Å². The molecule has 1 N–H and O–H groups in total. The molecule has 0 saturated heterocycles. The van der Waals surface area contributed by atoms with Crippen LogP contribution >= 0.6 is 0 Å². The van der Waals surface area contributed by atoms with E-state index in [1.54, 1.807) is 52.0 Å². The first-order valence-electron chi connectivity index (χ1n) is 7.37. The van der Waals surface area contributed by atoms with Gasteiger partial charge in [0, 0.05) is 5.54 Å². The third kappa shape index (κ3) is 7.56. The second-order valence-electron chi connectivity index (χ2n) is 6.40. The van der Waals surface area contributed by atoms with E-state index in [-0.39, 0.29) is 17.8 Å². The molecular formula is C16H25NO4S. The standard InChI is InChI=1S/C16H25NO4S/c1-13(21-15(18)14-10-6-5-7-11-14)9-8-12-22(19,20)17-16(2,3)4/h5-7,10-11,13,17H,8-9,12H2,1-4H3/t13-/m1/s1. The Balaban J connectivity index is 2.38. The van der Waals surface area contributed by atoms with E-state index in [1.807, 2.05) is 6.07 Å². The zero-order valence-corrected chi connectivity index (χ0v) is 14.4. The summed E-state index contributed by atoms with van der Waals surface area (Å²) in [5, 5.41) is 0. The van der Waals surface area contributed by atoms with Gasteiger partial charge in [-0.1, -0.05) is 18.2 Å². The van der Waals surface area contributed by atoms with Crippen LogP contribution in [0.5, 0.6) is 0 Å². The monoisotopic (exact) mass is 327 g/mol. The quantitative estimate of drug-likeness (QED) is 0.782. The van der Waals surface area contributed by atoms with Crippen molar-refractivity contribution < 1.29 is 17.9 Å². The Morgan fingerprint density at radius 3 is 2.36 bits per heavy atom. The highest BCUT2D eigenvalue weighted by Gasteiger charge is 2.20. The normalized spacial score (nSPS) is 13.6. The van der Waals surface area contributed by atoms with Gasteiger partial charge in [0.1, 0.15) is 0 Å². The van der Waals surface area contributed by atoms with Crippen molar-refractivity contribution >= 4 is 16.0 Å². The summed E-state index contributed by atoms with van der Waals surface area (Å²) in [5.41, 5.74) is 0.0147. The molecule has 6 heteroatoms. The number of nitrogens with one attached hydrogen (secondary N) is 1. The molecule has 0 bridgehead atoms. The van der Waals surface area contributed by atoms with Crippen molar-refractivity contribution in [3.8, 4) is 0 Å². The Morgan fingerprint density at radius 1 is 1.23 bits per heavy atom. The summed E-state index contributed by atoms with van der Waals surface area (Å²) in [6.45, 7) is 7.17. The van der Waals surface area contributed by atoms with Gasteiger partial charge in [-0.25, -0.2) is 17.9 Å². The SMILES string of the molecule is C[C@H](CCCS(=O)(=O)NC(C)(C)C)OC(=O)c1ccccc1. The van der Waals surface area contributed by atoms with Crippen molar-refractivity contribution in [2.45, 2.75) is 52.2 Å². The van der Waals surface area contributed by atoms with Crippen molar-refractivity contribution in [2.75, 3.05) is 5.75 Å². The molecule has 0 fully saturated rings. The van der Waals surface area contributed by atoms with Gasteiger partial charge >= 0.3 is 5.97 Å². The molecule has 0 heterocycles. The second-order valence-corrected chi connectivity index (χ2v) is 8.24. The molecule has 0 aliphatic heterocycles. The minimum Gasteiger partial charge on any atom is -0.459 e. The summed E-state index contributed by atoms with van der Waals surface area (Å²) in [5.74, 6) is -0.360. The first kappa shape index (κ1) is 18.6. The van der Waals surface area contributed by atoms with Crippen LogP contribution in [-0.2, 0) is 14.8 Å². The summed E-state index contributed by atoms with van der Waals surface area (Å²) >= 11 is 0. The number of sulfonamides is 1. The molecule has 1 rings (SSSR count). The number of ether oxygens (including phenoxy) is 1. The molecule has 0 amide bonds. The van der Waals surface area contributed by atoms with E-state index < -0.39 is 15.6 Å². The maximum absolute atomic E-state index is 11.9. The maximum atomic E-state index is 11.9.